The summed E-state index contributed by atoms with van der Waals surface area (Å²) in [6.07, 6.45) is 5.20. The summed E-state index contributed by atoms with van der Waals surface area (Å²) in [7, 11) is 0. The summed E-state index contributed by atoms with van der Waals surface area (Å²) in [6, 6.07) is 11.8. The number of amides is 1. The van der Waals surface area contributed by atoms with Crippen molar-refractivity contribution in [2.45, 2.75) is 18.9 Å². The first-order valence-corrected chi connectivity index (χ1v) is 8.44. The molecule has 0 bridgehead atoms. The van der Waals surface area contributed by atoms with Gasteiger partial charge in [-0.3, -0.25) is 9.78 Å². The largest absolute Gasteiger partial charge is 0.351 e. The van der Waals surface area contributed by atoms with Crippen molar-refractivity contribution in [1.82, 2.24) is 15.3 Å². The van der Waals surface area contributed by atoms with Crippen LogP contribution in [-0.4, -0.2) is 35.0 Å². The van der Waals surface area contributed by atoms with E-state index in [0.29, 0.717) is 18.8 Å². The van der Waals surface area contributed by atoms with E-state index in [2.05, 4.69) is 15.3 Å². The average Bonchev–Trinajstić information content (AvgIpc) is 3.08. The fraction of sp³-hybridized carbons (Fsp3) is 0.263. The molecule has 1 aromatic carbocycles. The zero-order chi connectivity index (χ0) is 17.6. The molecule has 0 saturated carbocycles. The molecule has 0 radical (unpaired) electrons. The monoisotopic (exact) mass is 337 g/mol. The molecule has 0 aliphatic rings. The molecule has 1 amide bonds. The van der Waals surface area contributed by atoms with E-state index >= 15 is 0 Å². The molecular formula is C19H23N5O. The first-order chi connectivity index (χ1) is 12.2. The average molecular weight is 337 g/mol. The first-order valence-electron chi connectivity index (χ1n) is 8.44. The van der Waals surface area contributed by atoms with Crippen molar-refractivity contribution in [3.8, 4) is 11.1 Å². The van der Waals surface area contributed by atoms with E-state index in [-0.39, 0.29) is 11.9 Å². The molecule has 6 N–H and O–H groups in total. The zero-order valence-corrected chi connectivity index (χ0v) is 14.0. The first kappa shape index (κ1) is 17.1. The number of nitrogens with one attached hydrogen (secondary N) is 2. The van der Waals surface area contributed by atoms with E-state index < -0.39 is 0 Å². The predicted molar refractivity (Wildman–Crippen MR) is 100 cm³/mol. The Morgan fingerprint density at radius 1 is 1.16 bits per heavy atom. The van der Waals surface area contributed by atoms with Crippen LogP contribution in [0, 0.1) is 0 Å². The molecule has 25 heavy (non-hydrogen) atoms. The summed E-state index contributed by atoms with van der Waals surface area (Å²) < 4.78 is 0. The third kappa shape index (κ3) is 4.23. The van der Waals surface area contributed by atoms with Crippen LogP contribution in [0.4, 0.5) is 0 Å². The highest BCUT2D eigenvalue weighted by Crippen LogP contribution is 2.24. The number of pyridine rings is 1. The lowest BCUT2D eigenvalue weighted by Gasteiger charge is -2.11. The van der Waals surface area contributed by atoms with E-state index in [1.807, 2.05) is 36.4 Å². The van der Waals surface area contributed by atoms with Crippen molar-refractivity contribution in [2.24, 2.45) is 11.5 Å². The van der Waals surface area contributed by atoms with Gasteiger partial charge in [-0.1, -0.05) is 12.1 Å². The molecule has 1 atom stereocenters. The summed E-state index contributed by atoms with van der Waals surface area (Å²) in [6.45, 7) is 1.06. The Morgan fingerprint density at radius 2 is 1.96 bits per heavy atom. The number of carbonyl (C=O) groups excluding carboxylic acids is 1. The number of rotatable bonds is 7. The van der Waals surface area contributed by atoms with E-state index in [4.69, 9.17) is 11.5 Å². The SMILES string of the molecule is NCCC[C@@H](N)CNC(=O)c1cc2ccc(-c3ccncc3)cc2[nH]1. The molecule has 3 rings (SSSR count). The molecule has 0 fully saturated rings. The summed E-state index contributed by atoms with van der Waals surface area (Å²) in [5.41, 5.74) is 15.1. The summed E-state index contributed by atoms with van der Waals surface area (Å²) in [5.74, 6) is -0.148. The van der Waals surface area contributed by atoms with Gasteiger partial charge in [-0.15, -0.1) is 0 Å². The molecule has 0 aliphatic carbocycles. The Kier molecular flexibility index (Phi) is 5.42. The van der Waals surface area contributed by atoms with E-state index in [9.17, 15) is 4.79 Å². The van der Waals surface area contributed by atoms with E-state index in [1.54, 1.807) is 12.4 Å². The third-order valence-electron chi connectivity index (χ3n) is 4.18. The quantitative estimate of drug-likeness (QED) is 0.529. The van der Waals surface area contributed by atoms with Crippen LogP contribution >= 0.6 is 0 Å². The second-order valence-electron chi connectivity index (χ2n) is 6.12. The highest BCUT2D eigenvalue weighted by molar-refractivity contribution is 5.98. The molecule has 6 nitrogen and oxygen atoms in total. The number of nitrogens with two attached hydrogens (primary N) is 2. The van der Waals surface area contributed by atoms with Crippen molar-refractivity contribution in [3.63, 3.8) is 0 Å². The second-order valence-corrected chi connectivity index (χ2v) is 6.12. The predicted octanol–water partition coefficient (Wildman–Crippen LogP) is 2.03. The Labute approximate surface area is 146 Å². The van der Waals surface area contributed by atoms with Crippen LogP contribution in [-0.2, 0) is 0 Å². The molecule has 6 heteroatoms. The number of carbonyl (C=O) groups is 1. The topological polar surface area (TPSA) is 110 Å². The lowest BCUT2D eigenvalue weighted by Crippen LogP contribution is -2.37. The minimum atomic E-state index is -0.148. The van der Waals surface area contributed by atoms with Crippen molar-refractivity contribution in [2.75, 3.05) is 13.1 Å². The fourth-order valence-electron chi connectivity index (χ4n) is 2.77. The number of fused-ring (bicyclic) bond motifs is 1. The van der Waals surface area contributed by atoms with Crippen molar-refractivity contribution in [1.29, 1.82) is 0 Å². The van der Waals surface area contributed by atoms with E-state index in [0.717, 1.165) is 34.9 Å². The van der Waals surface area contributed by atoms with Gasteiger partial charge in [0.05, 0.1) is 0 Å². The molecule has 3 aromatic rings. The number of aromatic amines is 1. The molecular weight excluding hydrogens is 314 g/mol. The van der Waals surface area contributed by atoms with Gasteiger partial charge in [-0.2, -0.15) is 0 Å². The van der Waals surface area contributed by atoms with Gasteiger partial charge in [0, 0.05) is 35.9 Å². The minimum absolute atomic E-state index is 0.0739. The molecule has 0 aliphatic heterocycles. The zero-order valence-electron chi connectivity index (χ0n) is 14.0. The van der Waals surface area contributed by atoms with Crippen molar-refractivity contribution < 1.29 is 4.79 Å². The molecule has 0 spiro atoms. The minimum Gasteiger partial charge on any atom is -0.351 e. The third-order valence-corrected chi connectivity index (χ3v) is 4.18. The highest BCUT2D eigenvalue weighted by atomic mass is 16.1. The maximum Gasteiger partial charge on any atom is 0.267 e. The van der Waals surface area contributed by atoms with Gasteiger partial charge >= 0.3 is 0 Å². The number of H-pyrrole nitrogens is 1. The van der Waals surface area contributed by atoms with Crippen LogP contribution in [0.1, 0.15) is 23.3 Å². The van der Waals surface area contributed by atoms with Crippen LogP contribution in [0.2, 0.25) is 0 Å². The maximum atomic E-state index is 12.3. The maximum absolute atomic E-state index is 12.3. The smallest absolute Gasteiger partial charge is 0.267 e. The van der Waals surface area contributed by atoms with E-state index in [1.165, 1.54) is 0 Å². The summed E-state index contributed by atoms with van der Waals surface area (Å²) in [4.78, 5) is 19.5. The standard InChI is InChI=1S/C19H23N5O/c20-7-1-2-16(21)12-23-19(25)18-11-15-4-3-14(10-17(15)24-18)13-5-8-22-9-6-13/h3-6,8-11,16,24H,1-2,7,12,20-21H2,(H,23,25)/t16-/m1/s1. The Morgan fingerprint density at radius 3 is 2.72 bits per heavy atom. The van der Waals surface area contributed by atoms with Crippen LogP contribution in [0.15, 0.2) is 48.8 Å². The lowest BCUT2D eigenvalue weighted by molar-refractivity contribution is 0.0946. The van der Waals surface area contributed by atoms with Gasteiger partial charge in [0.2, 0.25) is 0 Å². The van der Waals surface area contributed by atoms with Crippen LogP contribution in [0.25, 0.3) is 22.0 Å². The van der Waals surface area contributed by atoms with Crippen LogP contribution in [0.3, 0.4) is 0 Å². The Bertz CT molecular complexity index is 843. The van der Waals surface area contributed by atoms with Gasteiger partial charge in [-0.25, -0.2) is 0 Å². The number of aromatic nitrogens is 2. The van der Waals surface area contributed by atoms with Gasteiger partial charge in [0.1, 0.15) is 5.69 Å². The van der Waals surface area contributed by atoms with Crippen molar-refractivity contribution in [3.05, 3.63) is 54.5 Å². The number of nitrogens with zero attached hydrogens (tertiary/aromatic N) is 1. The number of hydrogen-bond donors (Lipinski definition) is 4. The molecule has 130 valence electrons. The lowest BCUT2D eigenvalue weighted by atomic mass is 10.1. The van der Waals surface area contributed by atoms with Crippen LogP contribution < -0.4 is 16.8 Å². The second kappa shape index (κ2) is 7.92. The molecule has 0 unspecified atom stereocenters. The van der Waals surface area contributed by atoms with Gasteiger partial charge in [-0.05, 0) is 54.8 Å². The molecule has 0 saturated heterocycles. The van der Waals surface area contributed by atoms with Gasteiger partial charge in [0.15, 0.2) is 0 Å². The Hall–Kier alpha value is -2.70. The summed E-state index contributed by atoms with van der Waals surface area (Å²) >= 11 is 0. The van der Waals surface area contributed by atoms with Crippen LogP contribution in [0.5, 0.6) is 0 Å². The fourth-order valence-corrected chi connectivity index (χ4v) is 2.77. The molecule has 2 heterocycles. The normalized spacial score (nSPS) is 12.2. The number of benzene rings is 1. The summed E-state index contributed by atoms with van der Waals surface area (Å²) in [5, 5.41) is 3.87. The Balaban J connectivity index is 1.71. The highest BCUT2D eigenvalue weighted by Gasteiger charge is 2.11. The van der Waals surface area contributed by atoms with Gasteiger partial charge < -0.3 is 21.8 Å². The van der Waals surface area contributed by atoms with Crippen molar-refractivity contribution >= 4 is 16.8 Å². The molecule has 2 aromatic heterocycles. The number of hydrogen-bond acceptors (Lipinski definition) is 4. The van der Waals surface area contributed by atoms with Gasteiger partial charge in [0.25, 0.3) is 5.91 Å².